The molecule has 4 heterocycles. The second-order valence-electron chi connectivity index (χ2n) is 6.38. The Kier molecular flexibility index (Phi) is 4.23. The molecule has 0 unspecified atom stereocenters. The zero-order chi connectivity index (χ0) is 17.2. The summed E-state index contributed by atoms with van der Waals surface area (Å²) in [7, 11) is 0. The molecular weight excluding hydrogens is 318 g/mol. The van der Waals surface area contributed by atoms with Crippen LogP contribution in [0.25, 0.3) is 5.65 Å². The van der Waals surface area contributed by atoms with E-state index in [0.29, 0.717) is 12.1 Å². The van der Waals surface area contributed by atoms with Gasteiger partial charge in [-0.2, -0.15) is 0 Å². The fourth-order valence-corrected chi connectivity index (χ4v) is 3.37. The lowest BCUT2D eigenvalue weighted by atomic mass is 10.2. The Balaban J connectivity index is 1.49. The Morgan fingerprint density at radius 1 is 1.28 bits per heavy atom. The Hall–Kier alpha value is -2.67. The second-order valence-corrected chi connectivity index (χ2v) is 6.38. The van der Waals surface area contributed by atoms with E-state index in [1.165, 1.54) is 12.8 Å². The van der Waals surface area contributed by atoms with Crippen molar-refractivity contribution in [2.24, 2.45) is 0 Å². The first kappa shape index (κ1) is 15.8. The molecule has 0 radical (unpaired) electrons. The number of carbonyl (C=O) groups excluding carboxylic acids is 1. The molecule has 7 nitrogen and oxygen atoms in total. The topological polar surface area (TPSA) is 75.7 Å². The summed E-state index contributed by atoms with van der Waals surface area (Å²) in [5, 5.41) is 11.1. The third-order valence-corrected chi connectivity index (χ3v) is 4.74. The third-order valence-electron chi connectivity index (χ3n) is 4.74. The van der Waals surface area contributed by atoms with Crippen LogP contribution in [0.4, 0.5) is 0 Å². The lowest BCUT2D eigenvalue weighted by molar-refractivity contribution is 0.0933. The zero-order valence-corrected chi connectivity index (χ0v) is 14.2. The molecule has 1 fully saturated rings. The number of aryl methyl sites for hydroxylation is 1. The lowest BCUT2D eigenvalue weighted by Crippen LogP contribution is -2.36. The van der Waals surface area contributed by atoms with Gasteiger partial charge in [-0.25, -0.2) is 0 Å². The van der Waals surface area contributed by atoms with Crippen molar-refractivity contribution >= 4 is 11.6 Å². The summed E-state index contributed by atoms with van der Waals surface area (Å²) in [6.45, 7) is 4.45. The van der Waals surface area contributed by atoms with Crippen molar-refractivity contribution in [3.63, 3.8) is 0 Å². The first-order chi connectivity index (χ1) is 12.2. The fraction of sp³-hybridized carbons (Fsp3) is 0.389. The fourth-order valence-electron chi connectivity index (χ4n) is 3.37. The minimum absolute atomic E-state index is 0.0711. The van der Waals surface area contributed by atoms with Crippen molar-refractivity contribution in [3.05, 3.63) is 53.9 Å². The molecule has 130 valence electrons. The summed E-state index contributed by atoms with van der Waals surface area (Å²) in [6, 6.07) is 7.52. The quantitative estimate of drug-likeness (QED) is 0.771. The molecule has 7 heteroatoms. The van der Waals surface area contributed by atoms with Crippen LogP contribution in [-0.2, 0) is 0 Å². The number of hydrogen-bond donors (Lipinski definition) is 1. The van der Waals surface area contributed by atoms with E-state index in [-0.39, 0.29) is 11.9 Å². The van der Waals surface area contributed by atoms with Crippen LogP contribution in [0.15, 0.2) is 41.1 Å². The molecule has 1 aliphatic rings. The third kappa shape index (κ3) is 3.15. The highest BCUT2D eigenvalue weighted by Crippen LogP contribution is 2.25. The van der Waals surface area contributed by atoms with Crippen LogP contribution < -0.4 is 5.32 Å². The minimum atomic E-state index is -0.106. The number of aromatic nitrogens is 3. The largest absolute Gasteiger partial charge is 0.468 e. The van der Waals surface area contributed by atoms with Crippen LogP contribution in [0.5, 0.6) is 0 Å². The Bertz CT molecular complexity index is 865. The van der Waals surface area contributed by atoms with Gasteiger partial charge >= 0.3 is 0 Å². The first-order valence-electron chi connectivity index (χ1n) is 8.59. The van der Waals surface area contributed by atoms with E-state index in [1.54, 1.807) is 24.6 Å². The van der Waals surface area contributed by atoms with E-state index in [1.807, 2.05) is 23.5 Å². The number of furan rings is 1. The van der Waals surface area contributed by atoms with Gasteiger partial charge in [-0.1, -0.05) is 0 Å². The molecule has 1 amide bonds. The highest BCUT2D eigenvalue weighted by atomic mass is 16.3. The first-order valence-corrected chi connectivity index (χ1v) is 8.59. The van der Waals surface area contributed by atoms with E-state index in [4.69, 9.17) is 4.42 Å². The predicted octanol–water partition coefficient (Wildman–Crippen LogP) is 2.20. The highest BCUT2D eigenvalue weighted by Gasteiger charge is 2.26. The average molecular weight is 339 g/mol. The van der Waals surface area contributed by atoms with Gasteiger partial charge in [-0.05, 0) is 57.1 Å². The summed E-state index contributed by atoms with van der Waals surface area (Å²) >= 11 is 0. The molecule has 0 bridgehead atoms. The number of rotatable bonds is 5. The smallest absolute Gasteiger partial charge is 0.252 e. The molecule has 1 aliphatic heterocycles. The summed E-state index contributed by atoms with van der Waals surface area (Å²) in [5.41, 5.74) is 1.33. The number of hydrogen-bond acceptors (Lipinski definition) is 5. The minimum Gasteiger partial charge on any atom is -0.468 e. The average Bonchev–Trinajstić information content (AvgIpc) is 3.38. The monoisotopic (exact) mass is 339 g/mol. The molecule has 25 heavy (non-hydrogen) atoms. The number of nitrogens with one attached hydrogen (secondary N) is 1. The summed E-state index contributed by atoms with van der Waals surface area (Å²) in [6.07, 6.45) is 5.84. The van der Waals surface area contributed by atoms with Gasteiger partial charge in [0, 0.05) is 12.7 Å². The SMILES string of the molecule is Cc1nnc2ccc(C(=O)NC[C@H](c3ccco3)N3CCCC3)cn12. The normalized spacial score (nSPS) is 16.4. The van der Waals surface area contributed by atoms with Crippen LogP contribution in [0.3, 0.4) is 0 Å². The van der Waals surface area contributed by atoms with Crippen molar-refractivity contribution in [1.29, 1.82) is 0 Å². The van der Waals surface area contributed by atoms with Crippen LogP contribution in [0, 0.1) is 6.92 Å². The number of likely N-dealkylation sites (tertiary alicyclic amines) is 1. The number of nitrogens with zero attached hydrogens (tertiary/aromatic N) is 4. The van der Waals surface area contributed by atoms with Gasteiger partial charge in [0.2, 0.25) is 0 Å². The maximum Gasteiger partial charge on any atom is 0.252 e. The lowest BCUT2D eigenvalue weighted by Gasteiger charge is -2.26. The van der Waals surface area contributed by atoms with E-state index in [0.717, 1.165) is 30.3 Å². The van der Waals surface area contributed by atoms with Crippen LogP contribution in [0.2, 0.25) is 0 Å². The molecule has 0 spiro atoms. The molecule has 3 aromatic heterocycles. The van der Waals surface area contributed by atoms with Gasteiger partial charge in [-0.3, -0.25) is 14.1 Å². The molecule has 1 atom stereocenters. The van der Waals surface area contributed by atoms with Crippen LogP contribution in [0.1, 0.15) is 40.8 Å². The van der Waals surface area contributed by atoms with Crippen molar-refractivity contribution in [3.8, 4) is 0 Å². The Morgan fingerprint density at radius 3 is 2.88 bits per heavy atom. The van der Waals surface area contributed by atoms with Crippen molar-refractivity contribution < 1.29 is 9.21 Å². The number of pyridine rings is 1. The van der Waals surface area contributed by atoms with Gasteiger partial charge in [0.05, 0.1) is 17.9 Å². The molecule has 4 rings (SSSR count). The van der Waals surface area contributed by atoms with Crippen LogP contribution >= 0.6 is 0 Å². The Morgan fingerprint density at radius 2 is 2.12 bits per heavy atom. The van der Waals surface area contributed by atoms with E-state index in [2.05, 4.69) is 20.4 Å². The van der Waals surface area contributed by atoms with Crippen molar-refractivity contribution in [2.75, 3.05) is 19.6 Å². The molecule has 0 aromatic carbocycles. The van der Waals surface area contributed by atoms with E-state index >= 15 is 0 Å². The van der Waals surface area contributed by atoms with E-state index < -0.39 is 0 Å². The van der Waals surface area contributed by atoms with Crippen molar-refractivity contribution in [2.45, 2.75) is 25.8 Å². The van der Waals surface area contributed by atoms with Gasteiger partial charge in [-0.15, -0.1) is 10.2 Å². The van der Waals surface area contributed by atoms with Crippen molar-refractivity contribution in [1.82, 2.24) is 24.8 Å². The molecule has 3 aromatic rings. The number of amides is 1. The van der Waals surface area contributed by atoms with Crippen LogP contribution in [-0.4, -0.2) is 45.0 Å². The maximum atomic E-state index is 12.6. The van der Waals surface area contributed by atoms with Gasteiger partial charge in [0.15, 0.2) is 5.65 Å². The second kappa shape index (κ2) is 6.68. The predicted molar refractivity (Wildman–Crippen MR) is 92.3 cm³/mol. The number of fused-ring (bicyclic) bond motifs is 1. The molecule has 0 saturated carbocycles. The van der Waals surface area contributed by atoms with Gasteiger partial charge in [0.25, 0.3) is 5.91 Å². The van der Waals surface area contributed by atoms with Gasteiger partial charge < -0.3 is 9.73 Å². The summed E-state index contributed by atoms with van der Waals surface area (Å²) in [5.74, 6) is 1.55. The molecule has 1 saturated heterocycles. The van der Waals surface area contributed by atoms with E-state index in [9.17, 15) is 4.79 Å². The summed E-state index contributed by atoms with van der Waals surface area (Å²) < 4.78 is 7.41. The van der Waals surface area contributed by atoms with Gasteiger partial charge in [0.1, 0.15) is 11.6 Å². The zero-order valence-electron chi connectivity index (χ0n) is 14.2. The summed E-state index contributed by atoms with van der Waals surface area (Å²) in [4.78, 5) is 15.0. The standard InChI is InChI=1S/C18H21N5O2/c1-13-20-21-17-7-6-14(12-23(13)17)18(24)19-11-15(16-5-4-10-25-16)22-8-2-3-9-22/h4-7,10,12,15H,2-3,8-9,11H2,1H3,(H,19,24)/t15-/m1/s1. The Labute approximate surface area is 145 Å². The molecule has 0 aliphatic carbocycles. The number of carbonyl (C=O) groups is 1. The highest BCUT2D eigenvalue weighted by molar-refractivity contribution is 5.94. The molecule has 1 N–H and O–H groups in total. The molecular formula is C18H21N5O2. The maximum absolute atomic E-state index is 12.6.